The zero-order valence-corrected chi connectivity index (χ0v) is 21.5. The van der Waals surface area contributed by atoms with Gasteiger partial charge in [0.05, 0.1) is 26.9 Å². The van der Waals surface area contributed by atoms with Gasteiger partial charge in [0, 0.05) is 39.1 Å². The van der Waals surface area contributed by atoms with Crippen LogP contribution in [0.4, 0.5) is 0 Å². The van der Waals surface area contributed by atoms with E-state index in [2.05, 4.69) is 37.2 Å². The van der Waals surface area contributed by atoms with E-state index in [0.29, 0.717) is 6.54 Å². The summed E-state index contributed by atoms with van der Waals surface area (Å²) in [6.45, 7) is 9.92. The number of nitrogens with one attached hydrogen (secondary N) is 2. The second-order valence-electron chi connectivity index (χ2n) is 7.47. The van der Waals surface area contributed by atoms with E-state index in [4.69, 9.17) is 14.5 Å². The fourth-order valence-electron chi connectivity index (χ4n) is 3.44. The van der Waals surface area contributed by atoms with Crippen LogP contribution >= 0.6 is 24.0 Å². The number of rotatable bonds is 11. The molecule has 2 heterocycles. The maximum atomic E-state index is 5.42. The average molecular weight is 557 g/mol. The zero-order chi connectivity index (χ0) is 21.7. The highest BCUT2D eigenvalue weighted by Crippen LogP contribution is 2.11. The highest BCUT2D eigenvalue weighted by molar-refractivity contribution is 14.0. The molecule has 3 rings (SSSR count). The van der Waals surface area contributed by atoms with Gasteiger partial charge < -0.3 is 24.7 Å². The summed E-state index contributed by atoms with van der Waals surface area (Å²) in [5, 5.41) is 15.1. The van der Waals surface area contributed by atoms with Crippen molar-refractivity contribution in [1.82, 2.24) is 30.3 Å². The summed E-state index contributed by atoms with van der Waals surface area (Å²) in [5.41, 5.74) is 1.14. The highest BCUT2D eigenvalue weighted by atomic mass is 127. The van der Waals surface area contributed by atoms with Crippen molar-refractivity contribution in [3.8, 4) is 5.75 Å². The summed E-state index contributed by atoms with van der Waals surface area (Å²) in [7, 11) is 1.68. The summed E-state index contributed by atoms with van der Waals surface area (Å²) in [6, 6.07) is 8.02. The van der Waals surface area contributed by atoms with Crippen LogP contribution in [0.3, 0.4) is 0 Å². The first-order valence-corrected chi connectivity index (χ1v) is 11.1. The van der Waals surface area contributed by atoms with Crippen molar-refractivity contribution in [3.63, 3.8) is 0 Å². The van der Waals surface area contributed by atoms with Gasteiger partial charge in [0.1, 0.15) is 17.9 Å². The molecule has 1 aromatic heterocycles. The van der Waals surface area contributed by atoms with E-state index < -0.39 is 0 Å². The van der Waals surface area contributed by atoms with Crippen molar-refractivity contribution >= 4 is 29.9 Å². The molecule has 1 aliphatic rings. The molecular formula is C22H36IN7O2. The van der Waals surface area contributed by atoms with E-state index in [1.807, 2.05) is 24.3 Å². The van der Waals surface area contributed by atoms with Gasteiger partial charge in [-0.15, -0.1) is 34.2 Å². The molecule has 0 unspecified atom stereocenters. The van der Waals surface area contributed by atoms with Crippen molar-refractivity contribution in [2.24, 2.45) is 4.99 Å². The lowest BCUT2D eigenvalue weighted by Crippen LogP contribution is -2.41. The van der Waals surface area contributed by atoms with Crippen LogP contribution in [0.5, 0.6) is 5.75 Å². The lowest BCUT2D eigenvalue weighted by molar-refractivity contribution is 0.0376. The molecule has 0 aliphatic carbocycles. The quantitative estimate of drug-likeness (QED) is 0.189. The zero-order valence-electron chi connectivity index (χ0n) is 19.1. The number of guanidine groups is 1. The molecule has 0 spiro atoms. The molecule has 2 aromatic rings. The van der Waals surface area contributed by atoms with Crippen LogP contribution in [-0.2, 0) is 24.2 Å². The number of benzene rings is 1. The Morgan fingerprint density at radius 2 is 1.88 bits per heavy atom. The van der Waals surface area contributed by atoms with Gasteiger partial charge in [-0.3, -0.25) is 4.90 Å². The van der Waals surface area contributed by atoms with Crippen molar-refractivity contribution < 1.29 is 9.47 Å². The number of ether oxygens (including phenoxy) is 2. The third-order valence-corrected chi connectivity index (χ3v) is 5.28. The van der Waals surface area contributed by atoms with Gasteiger partial charge in [0.25, 0.3) is 0 Å². The first kappa shape index (κ1) is 26.3. The van der Waals surface area contributed by atoms with Gasteiger partial charge >= 0.3 is 0 Å². The summed E-state index contributed by atoms with van der Waals surface area (Å²) in [5.74, 6) is 2.67. The normalized spacial score (nSPS) is 14.6. The molecule has 1 saturated heterocycles. The second kappa shape index (κ2) is 15.0. The molecule has 1 aliphatic heterocycles. The molecule has 9 nitrogen and oxygen atoms in total. The van der Waals surface area contributed by atoms with E-state index >= 15 is 0 Å². The Hall–Kier alpha value is -1.92. The van der Waals surface area contributed by atoms with E-state index in [9.17, 15) is 0 Å². The number of aliphatic imine (C=N–C) groups is 1. The van der Waals surface area contributed by atoms with Crippen LogP contribution < -0.4 is 15.4 Å². The molecule has 32 heavy (non-hydrogen) atoms. The van der Waals surface area contributed by atoms with Crippen LogP contribution in [0.2, 0.25) is 0 Å². The molecule has 0 atom stereocenters. The van der Waals surface area contributed by atoms with Gasteiger partial charge in [0.2, 0.25) is 0 Å². The van der Waals surface area contributed by atoms with Crippen LogP contribution in [-0.4, -0.2) is 78.7 Å². The Kier molecular flexibility index (Phi) is 12.4. The van der Waals surface area contributed by atoms with Gasteiger partial charge in [-0.1, -0.05) is 19.1 Å². The number of aromatic nitrogens is 3. The summed E-state index contributed by atoms with van der Waals surface area (Å²) >= 11 is 0. The van der Waals surface area contributed by atoms with Crippen LogP contribution in [0.15, 0.2) is 35.6 Å². The summed E-state index contributed by atoms with van der Waals surface area (Å²) in [4.78, 5) is 7.22. The summed E-state index contributed by atoms with van der Waals surface area (Å²) < 4.78 is 12.7. The standard InChI is InChI=1S/C22H35N7O2.HI/c1-3-21-27-26-18-29(21)12-10-24-22(23-9-4-11-28-13-15-31-16-14-28)25-17-19-5-7-20(30-2)8-6-19;/h5-8,18H,3-4,9-17H2,1-2H3,(H2,23,24,25);1H. The van der Waals surface area contributed by atoms with Gasteiger partial charge in [-0.25, -0.2) is 4.99 Å². The molecule has 0 amide bonds. The molecule has 0 bridgehead atoms. The minimum Gasteiger partial charge on any atom is -0.497 e. The third kappa shape index (κ3) is 8.91. The molecule has 0 saturated carbocycles. The monoisotopic (exact) mass is 557 g/mol. The van der Waals surface area contributed by atoms with E-state index in [1.54, 1.807) is 13.4 Å². The van der Waals surface area contributed by atoms with Crippen molar-refractivity contribution in [2.75, 3.05) is 53.0 Å². The van der Waals surface area contributed by atoms with E-state index in [-0.39, 0.29) is 24.0 Å². The number of halogens is 1. The van der Waals surface area contributed by atoms with Gasteiger partial charge in [-0.05, 0) is 30.7 Å². The highest BCUT2D eigenvalue weighted by Gasteiger charge is 2.09. The number of hydrogen-bond acceptors (Lipinski definition) is 6. The first-order valence-electron chi connectivity index (χ1n) is 11.1. The van der Waals surface area contributed by atoms with Crippen molar-refractivity contribution in [2.45, 2.75) is 32.9 Å². The lowest BCUT2D eigenvalue weighted by atomic mass is 10.2. The van der Waals surface area contributed by atoms with Gasteiger partial charge in [-0.2, -0.15) is 0 Å². The molecule has 0 radical (unpaired) electrons. The number of hydrogen-bond donors (Lipinski definition) is 2. The topological polar surface area (TPSA) is 88.8 Å². The Bertz CT molecular complexity index is 792. The van der Waals surface area contributed by atoms with Crippen molar-refractivity contribution in [3.05, 3.63) is 42.0 Å². The van der Waals surface area contributed by atoms with Gasteiger partial charge in [0.15, 0.2) is 5.96 Å². The average Bonchev–Trinajstić information content (AvgIpc) is 3.28. The maximum Gasteiger partial charge on any atom is 0.191 e. The molecule has 10 heteroatoms. The molecule has 1 aromatic carbocycles. The predicted octanol–water partition coefficient (Wildman–Crippen LogP) is 1.92. The van der Waals surface area contributed by atoms with Crippen LogP contribution in [0.25, 0.3) is 0 Å². The Morgan fingerprint density at radius 1 is 1.12 bits per heavy atom. The number of nitrogens with zero attached hydrogens (tertiary/aromatic N) is 5. The Balaban J connectivity index is 0.00000363. The van der Waals surface area contributed by atoms with Crippen LogP contribution in [0.1, 0.15) is 24.7 Å². The fourth-order valence-corrected chi connectivity index (χ4v) is 3.44. The maximum absolute atomic E-state index is 5.42. The molecule has 1 fully saturated rings. The Labute approximate surface area is 208 Å². The van der Waals surface area contributed by atoms with Crippen LogP contribution in [0, 0.1) is 0 Å². The number of aryl methyl sites for hydroxylation is 1. The smallest absolute Gasteiger partial charge is 0.191 e. The molecule has 2 N–H and O–H groups in total. The second-order valence-corrected chi connectivity index (χ2v) is 7.47. The van der Waals surface area contributed by atoms with E-state index in [0.717, 1.165) is 88.4 Å². The molecule has 178 valence electrons. The lowest BCUT2D eigenvalue weighted by Gasteiger charge is -2.26. The van der Waals surface area contributed by atoms with E-state index in [1.165, 1.54) is 0 Å². The fraction of sp³-hybridized carbons (Fsp3) is 0.591. The third-order valence-electron chi connectivity index (χ3n) is 5.28. The largest absolute Gasteiger partial charge is 0.497 e. The SMILES string of the molecule is CCc1nncn1CCNC(=NCc1ccc(OC)cc1)NCCCN1CCOCC1.I. The minimum atomic E-state index is 0. The van der Waals surface area contributed by atoms with Crippen molar-refractivity contribution in [1.29, 1.82) is 0 Å². The first-order chi connectivity index (χ1) is 15.3. The summed E-state index contributed by atoms with van der Waals surface area (Å²) in [6.07, 6.45) is 3.72. The molecular weight excluding hydrogens is 521 g/mol. The predicted molar refractivity (Wildman–Crippen MR) is 137 cm³/mol. The number of methoxy groups -OCH3 is 1. The minimum absolute atomic E-state index is 0. The Morgan fingerprint density at radius 3 is 2.59 bits per heavy atom. The number of morpholine rings is 1.